The Labute approximate surface area is 94.5 Å². The third-order valence-electron chi connectivity index (χ3n) is 1.40. The molecule has 0 atom stereocenters. The maximum absolute atomic E-state index is 7.04. The molecule has 0 aromatic heterocycles. The minimum atomic E-state index is 0.110. The van der Waals surface area contributed by atoms with Gasteiger partial charge in [-0.15, -0.1) is 0 Å². The third kappa shape index (κ3) is 3.58. The molecule has 0 radical (unpaired) electrons. The summed E-state index contributed by atoms with van der Waals surface area (Å²) in [7, 11) is 0. The highest BCUT2D eigenvalue weighted by Gasteiger charge is 2.01. The van der Waals surface area contributed by atoms with Gasteiger partial charge in [0.25, 0.3) is 0 Å². The second-order valence-electron chi connectivity index (χ2n) is 2.39. The molecule has 3 N–H and O–H groups in total. The van der Waals surface area contributed by atoms with E-state index in [4.69, 9.17) is 22.7 Å². The van der Waals surface area contributed by atoms with Gasteiger partial charge in [-0.05, 0) is 17.7 Å². The van der Waals surface area contributed by atoms with Crippen LogP contribution in [-0.2, 0) is 5.75 Å². The lowest BCUT2D eigenvalue weighted by atomic mass is 10.2. The number of amidine groups is 1. The van der Waals surface area contributed by atoms with Crippen molar-refractivity contribution in [1.29, 1.82) is 5.41 Å². The van der Waals surface area contributed by atoms with E-state index in [1.54, 1.807) is 0 Å². The van der Waals surface area contributed by atoms with E-state index < -0.39 is 0 Å². The third-order valence-corrected chi connectivity index (χ3v) is 3.01. The fourth-order valence-electron chi connectivity index (χ4n) is 0.794. The smallest absolute Gasteiger partial charge is 0.151 e. The molecular formula is C8H8BrClN2S. The molecule has 1 aromatic rings. The summed E-state index contributed by atoms with van der Waals surface area (Å²) in [5, 5.41) is 7.85. The fourth-order valence-corrected chi connectivity index (χ4v) is 2.18. The first-order valence-corrected chi connectivity index (χ1v) is 5.66. The van der Waals surface area contributed by atoms with Gasteiger partial charge in [-0.1, -0.05) is 45.4 Å². The molecule has 0 saturated heterocycles. The second-order valence-corrected chi connectivity index (χ2v) is 4.73. The number of halogens is 2. The molecule has 0 aliphatic heterocycles. The molecule has 1 rings (SSSR count). The Morgan fingerprint density at radius 1 is 1.62 bits per heavy atom. The molecule has 0 aliphatic carbocycles. The van der Waals surface area contributed by atoms with Gasteiger partial charge in [-0.3, -0.25) is 5.41 Å². The van der Waals surface area contributed by atoms with Gasteiger partial charge in [-0.25, -0.2) is 0 Å². The van der Waals surface area contributed by atoms with Gasteiger partial charge < -0.3 is 5.73 Å². The van der Waals surface area contributed by atoms with Crippen LogP contribution in [0.4, 0.5) is 0 Å². The van der Waals surface area contributed by atoms with Crippen LogP contribution in [-0.4, -0.2) is 5.17 Å². The van der Waals surface area contributed by atoms with Crippen LogP contribution in [0, 0.1) is 5.41 Å². The van der Waals surface area contributed by atoms with Crippen LogP contribution >= 0.6 is 39.3 Å². The summed E-state index contributed by atoms with van der Waals surface area (Å²) in [6, 6.07) is 5.67. The van der Waals surface area contributed by atoms with Crippen molar-refractivity contribution in [2.75, 3.05) is 0 Å². The Balaban J connectivity index is 2.72. The van der Waals surface area contributed by atoms with Gasteiger partial charge in [0.05, 0.1) is 0 Å². The van der Waals surface area contributed by atoms with Crippen molar-refractivity contribution in [2.45, 2.75) is 5.75 Å². The topological polar surface area (TPSA) is 49.9 Å². The zero-order chi connectivity index (χ0) is 9.84. The fraction of sp³-hybridized carbons (Fsp3) is 0.125. The minimum absolute atomic E-state index is 0.110. The first-order chi connectivity index (χ1) is 6.09. The van der Waals surface area contributed by atoms with Crippen LogP contribution in [0.1, 0.15) is 5.56 Å². The summed E-state index contributed by atoms with van der Waals surface area (Å²) in [5.74, 6) is 0.640. The highest BCUT2D eigenvalue weighted by molar-refractivity contribution is 9.10. The molecule has 70 valence electrons. The molecule has 0 bridgehead atoms. The van der Waals surface area contributed by atoms with Crippen molar-refractivity contribution in [3.63, 3.8) is 0 Å². The Morgan fingerprint density at radius 3 is 2.85 bits per heavy atom. The van der Waals surface area contributed by atoms with Gasteiger partial charge in [0, 0.05) is 15.2 Å². The molecule has 0 unspecified atom stereocenters. The molecule has 0 amide bonds. The predicted molar refractivity (Wildman–Crippen MR) is 62.4 cm³/mol. The maximum Gasteiger partial charge on any atom is 0.151 e. The van der Waals surface area contributed by atoms with E-state index in [9.17, 15) is 0 Å². The molecule has 5 heteroatoms. The van der Waals surface area contributed by atoms with E-state index in [0.717, 1.165) is 10.0 Å². The van der Waals surface area contributed by atoms with Crippen molar-refractivity contribution in [3.05, 3.63) is 33.3 Å². The van der Waals surface area contributed by atoms with Crippen LogP contribution in [0.5, 0.6) is 0 Å². The highest BCUT2D eigenvalue weighted by atomic mass is 79.9. The molecular weight excluding hydrogens is 272 g/mol. The van der Waals surface area contributed by atoms with Crippen LogP contribution in [0.2, 0.25) is 5.02 Å². The van der Waals surface area contributed by atoms with Crippen molar-refractivity contribution in [2.24, 2.45) is 5.73 Å². The van der Waals surface area contributed by atoms with Gasteiger partial charge in [0.2, 0.25) is 0 Å². The normalized spacial score (nSPS) is 10.0. The summed E-state index contributed by atoms with van der Waals surface area (Å²) in [4.78, 5) is 0. The van der Waals surface area contributed by atoms with Crippen molar-refractivity contribution in [1.82, 2.24) is 0 Å². The standard InChI is InChI=1S/C8H8BrClN2S/c9-6-2-1-5(7(10)3-6)4-13-8(11)12/h1-3H,4H2,(H3,11,12). The molecule has 0 aliphatic rings. The SMILES string of the molecule is N=C(N)SCc1ccc(Br)cc1Cl. The van der Waals surface area contributed by atoms with Gasteiger partial charge in [0.1, 0.15) is 0 Å². The van der Waals surface area contributed by atoms with Crippen LogP contribution in [0.25, 0.3) is 0 Å². The molecule has 0 spiro atoms. The Kier molecular flexibility index (Phi) is 4.09. The average Bonchev–Trinajstić information content (AvgIpc) is 2.02. The number of hydrogen-bond donors (Lipinski definition) is 2. The van der Waals surface area contributed by atoms with E-state index in [1.165, 1.54) is 11.8 Å². The van der Waals surface area contributed by atoms with E-state index in [1.807, 2.05) is 18.2 Å². The molecule has 0 heterocycles. The number of benzene rings is 1. The van der Waals surface area contributed by atoms with Crippen LogP contribution in [0.3, 0.4) is 0 Å². The number of rotatable bonds is 2. The number of thioether (sulfide) groups is 1. The number of hydrogen-bond acceptors (Lipinski definition) is 2. The lowest BCUT2D eigenvalue weighted by molar-refractivity contribution is 1.40. The van der Waals surface area contributed by atoms with Crippen molar-refractivity contribution >= 4 is 44.5 Å². The number of nitrogens with one attached hydrogen (secondary N) is 1. The van der Waals surface area contributed by atoms with Crippen molar-refractivity contribution in [3.8, 4) is 0 Å². The van der Waals surface area contributed by atoms with Crippen molar-refractivity contribution < 1.29 is 0 Å². The second kappa shape index (κ2) is 4.88. The summed E-state index contributed by atoms with van der Waals surface area (Å²) in [6.07, 6.45) is 0. The first kappa shape index (κ1) is 10.9. The van der Waals surface area contributed by atoms with Crippen LogP contribution < -0.4 is 5.73 Å². The zero-order valence-corrected chi connectivity index (χ0v) is 9.84. The monoisotopic (exact) mass is 278 g/mol. The van der Waals surface area contributed by atoms with E-state index in [0.29, 0.717) is 10.8 Å². The molecule has 13 heavy (non-hydrogen) atoms. The maximum atomic E-state index is 7.04. The lowest BCUT2D eigenvalue weighted by Crippen LogP contribution is -2.03. The molecule has 1 aromatic carbocycles. The van der Waals surface area contributed by atoms with Gasteiger partial charge in [0.15, 0.2) is 5.17 Å². The molecule has 0 fully saturated rings. The van der Waals surface area contributed by atoms with Crippen LogP contribution in [0.15, 0.2) is 22.7 Å². The van der Waals surface area contributed by atoms with E-state index in [2.05, 4.69) is 15.9 Å². The Hall–Kier alpha value is -0.190. The summed E-state index contributed by atoms with van der Waals surface area (Å²) in [5.41, 5.74) is 6.20. The number of nitrogens with two attached hydrogens (primary N) is 1. The zero-order valence-electron chi connectivity index (χ0n) is 6.68. The quantitative estimate of drug-likeness (QED) is 0.645. The first-order valence-electron chi connectivity index (χ1n) is 3.50. The minimum Gasteiger partial charge on any atom is -0.379 e. The summed E-state index contributed by atoms with van der Waals surface area (Å²) in [6.45, 7) is 0. The van der Waals surface area contributed by atoms with E-state index in [-0.39, 0.29) is 5.17 Å². The van der Waals surface area contributed by atoms with E-state index >= 15 is 0 Å². The van der Waals surface area contributed by atoms with Gasteiger partial charge in [-0.2, -0.15) is 0 Å². The lowest BCUT2D eigenvalue weighted by Gasteiger charge is -2.02. The predicted octanol–water partition coefficient (Wildman–Crippen LogP) is 3.23. The Morgan fingerprint density at radius 2 is 2.31 bits per heavy atom. The summed E-state index contributed by atoms with van der Waals surface area (Å²) < 4.78 is 0.953. The Bertz CT molecular complexity index is 330. The average molecular weight is 280 g/mol. The highest BCUT2D eigenvalue weighted by Crippen LogP contribution is 2.24. The molecule has 0 saturated carbocycles. The summed E-state index contributed by atoms with van der Waals surface area (Å²) >= 11 is 10.5. The van der Waals surface area contributed by atoms with Gasteiger partial charge >= 0.3 is 0 Å². The molecule has 2 nitrogen and oxygen atoms in total. The largest absolute Gasteiger partial charge is 0.379 e.